The third-order valence-corrected chi connectivity index (χ3v) is 3.88. The molecule has 1 heterocycles. The van der Waals surface area contributed by atoms with Gasteiger partial charge in [-0.3, -0.25) is 9.59 Å². The van der Waals surface area contributed by atoms with Gasteiger partial charge in [-0.15, -0.1) is 0 Å². The fourth-order valence-corrected chi connectivity index (χ4v) is 2.64. The van der Waals surface area contributed by atoms with E-state index in [0.29, 0.717) is 26.1 Å². The average molecular weight is 304 g/mol. The third-order valence-electron chi connectivity index (χ3n) is 3.88. The first kappa shape index (κ1) is 16.3. The molecule has 0 aromatic heterocycles. The van der Waals surface area contributed by atoms with Gasteiger partial charge in [0.15, 0.2) is 0 Å². The Bertz CT molecular complexity index is 513. The van der Waals surface area contributed by atoms with Gasteiger partial charge < -0.3 is 14.5 Å². The van der Waals surface area contributed by atoms with Gasteiger partial charge in [0.25, 0.3) is 0 Å². The first-order valence-corrected chi connectivity index (χ1v) is 7.85. The maximum absolute atomic E-state index is 12.4. The summed E-state index contributed by atoms with van der Waals surface area (Å²) >= 11 is 0. The van der Waals surface area contributed by atoms with Crippen LogP contribution in [0.5, 0.6) is 5.75 Å². The predicted molar refractivity (Wildman–Crippen MR) is 84.8 cm³/mol. The van der Waals surface area contributed by atoms with E-state index in [-0.39, 0.29) is 11.8 Å². The molecular formula is C17H24N2O3. The minimum atomic E-state index is 0.0841. The van der Waals surface area contributed by atoms with Crippen molar-refractivity contribution in [3.8, 4) is 5.75 Å². The van der Waals surface area contributed by atoms with Crippen molar-refractivity contribution < 1.29 is 14.3 Å². The molecule has 0 atom stereocenters. The van der Waals surface area contributed by atoms with Gasteiger partial charge in [0.2, 0.25) is 11.8 Å². The van der Waals surface area contributed by atoms with Crippen molar-refractivity contribution in [2.45, 2.75) is 26.7 Å². The minimum Gasteiger partial charge on any atom is -0.494 e. The Kier molecular flexibility index (Phi) is 5.81. The van der Waals surface area contributed by atoms with Crippen LogP contribution in [0, 0.1) is 0 Å². The van der Waals surface area contributed by atoms with Crippen LogP contribution in [0.2, 0.25) is 0 Å². The van der Waals surface area contributed by atoms with Gasteiger partial charge in [-0.05, 0) is 31.0 Å². The number of nitrogens with zero attached hydrogens (tertiary/aromatic N) is 2. The maximum atomic E-state index is 12.4. The van der Waals surface area contributed by atoms with Crippen LogP contribution in [0.3, 0.4) is 0 Å². The van der Waals surface area contributed by atoms with Crippen LogP contribution in [0.1, 0.15) is 25.8 Å². The second kappa shape index (κ2) is 7.82. The lowest BCUT2D eigenvalue weighted by molar-refractivity contribution is -0.132. The molecule has 0 bridgehead atoms. The third kappa shape index (κ3) is 4.48. The lowest BCUT2D eigenvalue weighted by Crippen LogP contribution is -2.37. The molecule has 1 aliphatic rings. The highest BCUT2D eigenvalue weighted by Gasteiger charge is 2.20. The Morgan fingerprint density at radius 2 is 1.68 bits per heavy atom. The molecule has 5 heteroatoms. The summed E-state index contributed by atoms with van der Waals surface area (Å²) in [6.45, 7) is 6.87. The van der Waals surface area contributed by atoms with Crippen LogP contribution in [-0.2, 0) is 16.0 Å². The molecule has 1 aromatic carbocycles. The number of hydrogen-bond acceptors (Lipinski definition) is 3. The first-order chi connectivity index (χ1) is 10.6. The molecule has 120 valence electrons. The molecule has 0 unspecified atom stereocenters. The van der Waals surface area contributed by atoms with Crippen LogP contribution in [-0.4, -0.2) is 54.4 Å². The zero-order valence-corrected chi connectivity index (χ0v) is 13.4. The Labute approximate surface area is 131 Å². The van der Waals surface area contributed by atoms with E-state index in [0.717, 1.165) is 30.8 Å². The number of ether oxygens (including phenoxy) is 1. The molecular weight excluding hydrogens is 280 g/mol. The van der Waals surface area contributed by atoms with Crippen molar-refractivity contribution >= 4 is 11.8 Å². The van der Waals surface area contributed by atoms with E-state index < -0.39 is 0 Å². The van der Waals surface area contributed by atoms with E-state index in [1.807, 2.05) is 41.0 Å². The number of rotatable bonds is 4. The second-order valence-electron chi connectivity index (χ2n) is 5.49. The molecule has 2 amide bonds. The molecule has 1 aliphatic heterocycles. The van der Waals surface area contributed by atoms with Crippen LogP contribution in [0.15, 0.2) is 24.3 Å². The Hall–Kier alpha value is -2.04. The number of benzene rings is 1. The van der Waals surface area contributed by atoms with E-state index in [1.54, 1.807) is 6.92 Å². The summed E-state index contributed by atoms with van der Waals surface area (Å²) in [7, 11) is 0. The highest BCUT2D eigenvalue weighted by atomic mass is 16.5. The van der Waals surface area contributed by atoms with E-state index >= 15 is 0 Å². The van der Waals surface area contributed by atoms with Crippen molar-refractivity contribution in [3.05, 3.63) is 29.8 Å². The van der Waals surface area contributed by atoms with Gasteiger partial charge in [-0.2, -0.15) is 0 Å². The van der Waals surface area contributed by atoms with E-state index in [1.165, 1.54) is 0 Å². The van der Waals surface area contributed by atoms with Gasteiger partial charge in [0.1, 0.15) is 5.75 Å². The summed E-state index contributed by atoms with van der Waals surface area (Å²) in [4.78, 5) is 27.5. The van der Waals surface area contributed by atoms with Gasteiger partial charge in [0, 0.05) is 33.1 Å². The van der Waals surface area contributed by atoms with Crippen molar-refractivity contribution in [2.24, 2.45) is 0 Å². The Balaban J connectivity index is 1.90. The molecule has 0 spiro atoms. The Morgan fingerprint density at radius 3 is 2.32 bits per heavy atom. The molecule has 0 aliphatic carbocycles. The van der Waals surface area contributed by atoms with Gasteiger partial charge in [0.05, 0.1) is 13.0 Å². The van der Waals surface area contributed by atoms with Crippen LogP contribution in [0.4, 0.5) is 0 Å². The summed E-state index contributed by atoms with van der Waals surface area (Å²) in [6, 6.07) is 7.66. The monoisotopic (exact) mass is 304 g/mol. The highest BCUT2D eigenvalue weighted by molar-refractivity contribution is 5.79. The largest absolute Gasteiger partial charge is 0.494 e. The number of amides is 2. The van der Waals surface area contributed by atoms with Crippen LogP contribution in [0.25, 0.3) is 0 Å². The van der Waals surface area contributed by atoms with Crippen molar-refractivity contribution in [1.29, 1.82) is 0 Å². The summed E-state index contributed by atoms with van der Waals surface area (Å²) in [6.07, 6.45) is 1.24. The van der Waals surface area contributed by atoms with Gasteiger partial charge in [-0.1, -0.05) is 12.1 Å². The highest BCUT2D eigenvalue weighted by Crippen LogP contribution is 2.14. The molecule has 0 radical (unpaired) electrons. The molecule has 2 rings (SSSR count). The molecule has 0 N–H and O–H groups in total. The molecule has 0 saturated carbocycles. The van der Waals surface area contributed by atoms with Gasteiger partial charge in [-0.25, -0.2) is 0 Å². The summed E-state index contributed by atoms with van der Waals surface area (Å²) in [5, 5.41) is 0. The molecule has 1 fully saturated rings. The van der Waals surface area contributed by atoms with E-state index in [9.17, 15) is 9.59 Å². The summed E-state index contributed by atoms with van der Waals surface area (Å²) in [5.41, 5.74) is 0.987. The van der Waals surface area contributed by atoms with Crippen LogP contribution < -0.4 is 4.74 Å². The fraction of sp³-hybridized carbons (Fsp3) is 0.529. The zero-order valence-electron chi connectivity index (χ0n) is 13.4. The van der Waals surface area contributed by atoms with Gasteiger partial charge >= 0.3 is 0 Å². The molecule has 1 saturated heterocycles. The summed E-state index contributed by atoms with van der Waals surface area (Å²) < 4.78 is 5.40. The normalized spacial score (nSPS) is 15.4. The SMILES string of the molecule is CCOc1ccc(CC(=O)N2CCCN(C(C)=O)CC2)cc1. The topological polar surface area (TPSA) is 49.9 Å². The quantitative estimate of drug-likeness (QED) is 0.851. The summed E-state index contributed by atoms with van der Waals surface area (Å²) in [5.74, 6) is 1.03. The van der Waals surface area contributed by atoms with E-state index in [2.05, 4.69) is 0 Å². The fourth-order valence-electron chi connectivity index (χ4n) is 2.64. The molecule has 22 heavy (non-hydrogen) atoms. The molecule has 1 aromatic rings. The lowest BCUT2D eigenvalue weighted by atomic mass is 10.1. The number of carbonyl (C=O) groups excluding carboxylic acids is 2. The van der Waals surface area contributed by atoms with Crippen LogP contribution >= 0.6 is 0 Å². The Morgan fingerprint density at radius 1 is 1.05 bits per heavy atom. The van der Waals surface area contributed by atoms with Crippen molar-refractivity contribution in [1.82, 2.24) is 9.80 Å². The zero-order chi connectivity index (χ0) is 15.9. The molecule has 5 nitrogen and oxygen atoms in total. The second-order valence-corrected chi connectivity index (χ2v) is 5.49. The maximum Gasteiger partial charge on any atom is 0.227 e. The first-order valence-electron chi connectivity index (χ1n) is 7.85. The smallest absolute Gasteiger partial charge is 0.227 e. The minimum absolute atomic E-state index is 0.0841. The van der Waals surface area contributed by atoms with Crippen molar-refractivity contribution in [2.75, 3.05) is 32.8 Å². The predicted octanol–water partition coefficient (Wildman–Crippen LogP) is 1.71. The average Bonchev–Trinajstić information content (AvgIpc) is 2.75. The standard InChI is InChI=1S/C17H24N2O3/c1-3-22-16-7-5-15(6-8-16)13-17(21)19-10-4-9-18(11-12-19)14(2)20/h5-8H,3-4,9-13H2,1-2H3. The lowest BCUT2D eigenvalue weighted by Gasteiger charge is -2.21. The number of hydrogen-bond donors (Lipinski definition) is 0. The number of carbonyl (C=O) groups is 2. The van der Waals surface area contributed by atoms with Crippen molar-refractivity contribution in [3.63, 3.8) is 0 Å². The van der Waals surface area contributed by atoms with E-state index in [4.69, 9.17) is 4.74 Å².